The minimum atomic E-state index is -0.0530. The van der Waals surface area contributed by atoms with E-state index in [1.165, 1.54) is 0 Å². The van der Waals surface area contributed by atoms with Crippen molar-refractivity contribution >= 4 is 54.8 Å². The Kier molecular flexibility index (Phi) is 5.74. The Morgan fingerprint density at radius 1 is 1.41 bits per heavy atom. The van der Waals surface area contributed by atoms with Gasteiger partial charge in [-0.05, 0) is 31.2 Å². The van der Waals surface area contributed by atoms with E-state index in [1.54, 1.807) is 27.6 Å². The van der Waals surface area contributed by atoms with Crippen LogP contribution in [0.15, 0.2) is 17.5 Å². The molecule has 6 nitrogen and oxygen atoms in total. The van der Waals surface area contributed by atoms with Crippen LogP contribution in [0.5, 0.6) is 5.75 Å². The molecule has 0 radical (unpaired) electrons. The Bertz CT molecular complexity index is 1060. The summed E-state index contributed by atoms with van der Waals surface area (Å²) in [6.45, 7) is 7.00. The summed E-state index contributed by atoms with van der Waals surface area (Å²) in [6, 6.07) is 4.03. The molecule has 1 atom stereocenters. The standard InChI is InChI=1S/C21H25N3O3S2/c1-12(2)21(26)23-14-5-4-7-24(10-14)18(25)11-27-16-9-17-19(22-13(3)29-17)20-15(16)6-8-28-20/h6,8-9,12,14H,4-5,7,10-11H2,1-3H3,(H,23,26). The number of fused-ring (bicyclic) bond motifs is 3. The average Bonchev–Trinajstić information content (AvgIpc) is 3.31. The van der Waals surface area contributed by atoms with Gasteiger partial charge in [0.2, 0.25) is 5.91 Å². The van der Waals surface area contributed by atoms with E-state index in [0.717, 1.165) is 43.9 Å². The van der Waals surface area contributed by atoms with E-state index in [9.17, 15) is 9.59 Å². The van der Waals surface area contributed by atoms with Crippen molar-refractivity contribution in [1.82, 2.24) is 15.2 Å². The van der Waals surface area contributed by atoms with Crippen LogP contribution in [0.3, 0.4) is 0 Å². The number of carbonyl (C=O) groups excluding carboxylic acids is 2. The van der Waals surface area contributed by atoms with E-state index in [4.69, 9.17) is 4.74 Å². The summed E-state index contributed by atoms with van der Waals surface area (Å²) in [5, 5.41) is 7.09. The second-order valence-electron chi connectivity index (χ2n) is 7.75. The number of thiazole rings is 1. The van der Waals surface area contributed by atoms with Gasteiger partial charge in [0.15, 0.2) is 6.61 Å². The van der Waals surface area contributed by atoms with Crippen LogP contribution in [0.2, 0.25) is 0 Å². The highest BCUT2D eigenvalue weighted by Gasteiger charge is 2.26. The van der Waals surface area contributed by atoms with E-state index in [-0.39, 0.29) is 30.4 Å². The van der Waals surface area contributed by atoms with E-state index >= 15 is 0 Å². The molecule has 2 amide bonds. The Balaban J connectivity index is 1.44. The first-order chi connectivity index (χ1) is 13.9. The van der Waals surface area contributed by atoms with E-state index in [0.29, 0.717) is 13.1 Å². The quantitative estimate of drug-likeness (QED) is 0.664. The molecule has 1 aromatic carbocycles. The molecule has 8 heteroatoms. The van der Waals surface area contributed by atoms with Gasteiger partial charge < -0.3 is 15.0 Å². The van der Waals surface area contributed by atoms with Crippen LogP contribution in [0, 0.1) is 12.8 Å². The maximum atomic E-state index is 12.8. The number of ether oxygens (including phenoxy) is 1. The molecule has 0 saturated carbocycles. The number of nitrogens with zero attached hydrogens (tertiary/aromatic N) is 2. The number of nitrogens with one attached hydrogen (secondary N) is 1. The predicted octanol–water partition coefficient (Wildman–Crippen LogP) is 3.96. The lowest BCUT2D eigenvalue weighted by atomic mass is 10.0. The van der Waals surface area contributed by atoms with Crippen molar-refractivity contribution in [3.05, 3.63) is 22.5 Å². The molecule has 1 saturated heterocycles. The fourth-order valence-corrected chi connectivity index (χ4v) is 5.46. The zero-order valence-electron chi connectivity index (χ0n) is 16.9. The highest BCUT2D eigenvalue weighted by Crippen LogP contribution is 2.38. The first kappa shape index (κ1) is 20.1. The largest absolute Gasteiger partial charge is 0.483 e. The summed E-state index contributed by atoms with van der Waals surface area (Å²) in [7, 11) is 0. The van der Waals surface area contributed by atoms with Gasteiger partial charge in [-0.15, -0.1) is 22.7 Å². The van der Waals surface area contributed by atoms with Crippen LogP contribution >= 0.6 is 22.7 Å². The summed E-state index contributed by atoms with van der Waals surface area (Å²) in [5.41, 5.74) is 1.01. The molecular formula is C21H25N3O3S2. The number of thiophene rings is 1. The normalized spacial score (nSPS) is 17.2. The van der Waals surface area contributed by atoms with Crippen LogP contribution in [-0.4, -0.2) is 47.4 Å². The van der Waals surface area contributed by atoms with Crippen molar-refractivity contribution in [3.63, 3.8) is 0 Å². The molecule has 154 valence electrons. The van der Waals surface area contributed by atoms with Gasteiger partial charge >= 0.3 is 0 Å². The van der Waals surface area contributed by atoms with Crippen molar-refractivity contribution in [3.8, 4) is 5.75 Å². The molecule has 0 spiro atoms. The van der Waals surface area contributed by atoms with Crippen molar-refractivity contribution in [1.29, 1.82) is 0 Å². The van der Waals surface area contributed by atoms with Gasteiger partial charge in [0, 0.05) is 36.5 Å². The lowest BCUT2D eigenvalue weighted by molar-refractivity contribution is -0.135. The minimum Gasteiger partial charge on any atom is -0.483 e. The Morgan fingerprint density at radius 2 is 2.24 bits per heavy atom. The third-order valence-electron chi connectivity index (χ3n) is 5.16. The Labute approximate surface area is 177 Å². The number of aryl methyl sites for hydroxylation is 1. The minimum absolute atomic E-state index is 0.000906. The van der Waals surface area contributed by atoms with Gasteiger partial charge in [-0.2, -0.15) is 0 Å². The van der Waals surface area contributed by atoms with Crippen molar-refractivity contribution in [2.24, 2.45) is 5.92 Å². The molecule has 1 fully saturated rings. The Morgan fingerprint density at radius 3 is 3.03 bits per heavy atom. The molecule has 1 N–H and O–H groups in total. The van der Waals surface area contributed by atoms with Crippen molar-refractivity contribution in [2.75, 3.05) is 19.7 Å². The summed E-state index contributed by atoms with van der Waals surface area (Å²) < 4.78 is 8.15. The number of piperidine rings is 1. The molecule has 3 heterocycles. The zero-order valence-corrected chi connectivity index (χ0v) is 18.5. The van der Waals surface area contributed by atoms with Crippen molar-refractivity contribution < 1.29 is 14.3 Å². The molecule has 0 aliphatic carbocycles. The van der Waals surface area contributed by atoms with Gasteiger partial charge in [0.05, 0.1) is 19.9 Å². The average molecular weight is 432 g/mol. The summed E-state index contributed by atoms with van der Waals surface area (Å²) in [6.07, 6.45) is 1.79. The van der Waals surface area contributed by atoms with Crippen LogP contribution < -0.4 is 10.1 Å². The summed E-state index contributed by atoms with van der Waals surface area (Å²) in [5.74, 6) is 0.668. The van der Waals surface area contributed by atoms with Gasteiger partial charge in [-0.25, -0.2) is 4.98 Å². The topological polar surface area (TPSA) is 71.5 Å². The van der Waals surface area contributed by atoms with E-state index < -0.39 is 0 Å². The first-order valence-corrected chi connectivity index (χ1v) is 11.6. The Hall–Kier alpha value is -2.19. The maximum Gasteiger partial charge on any atom is 0.260 e. The molecular weight excluding hydrogens is 406 g/mol. The van der Waals surface area contributed by atoms with E-state index in [2.05, 4.69) is 10.3 Å². The number of aromatic nitrogens is 1. The van der Waals surface area contributed by atoms with Crippen LogP contribution in [0.25, 0.3) is 20.3 Å². The predicted molar refractivity (Wildman–Crippen MR) is 118 cm³/mol. The second kappa shape index (κ2) is 8.28. The smallest absolute Gasteiger partial charge is 0.260 e. The molecule has 1 unspecified atom stereocenters. The fraction of sp³-hybridized carbons (Fsp3) is 0.476. The van der Waals surface area contributed by atoms with Gasteiger partial charge in [0.25, 0.3) is 5.91 Å². The van der Waals surface area contributed by atoms with Gasteiger partial charge in [-0.1, -0.05) is 13.8 Å². The summed E-state index contributed by atoms with van der Waals surface area (Å²) in [4.78, 5) is 31.2. The molecule has 3 aromatic rings. The maximum absolute atomic E-state index is 12.8. The zero-order chi connectivity index (χ0) is 20.5. The number of benzene rings is 1. The van der Waals surface area contributed by atoms with Crippen LogP contribution in [0.1, 0.15) is 31.7 Å². The second-order valence-corrected chi connectivity index (χ2v) is 9.90. The van der Waals surface area contributed by atoms with Gasteiger partial charge in [-0.3, -0.25) is 9.59 Å². The molecule has 2 aromatic heterocycles. The number of hydrogen-bond donors (Lipinski definition) is 1. The molecule has 1 aliphatic heterocycles. The molecule has 4 rings (SSSR count). The summed E-state index contributed by atoms with van der Waals surface area (Å²) >= 11 is 3.28. The highest BCUT2D eigenvalue weighted by atomic mass is 32.1. The monoisotopic (exact) mass is 431 g/mol. The van der Waals surface area contributed by atoms with E-state index in [1.807, 2.05) is 38.3 Å². The van der Waals surface area contributed by atoms with Crippen LogP contribution in [-0.2, 0) is 9.59 Å². The van der Waals surface area contributed by atoms with Crippen LogP contribution in [0.4, 0.5) is 0 Å². The first-order valence-electron chi connectivity index (χ1n) is 9.90. The molecule has 1 aliphatic rings. The fourth-order valence-electron chi connectivity index (χ4n) is 3.63. The SMILES string of the molecule is Cc1nc2c(cc(OCC(=O)N3CCCC(NC(=O)C(C)C)C3)c3ccsc32)s1. The number of amides is 2. The highest BCUT2D eigenvalue weighted by molar-refractivity contribution is 7.21. The number of hydrogen-bond acceptors (Lipinski definition) is 6. The number of rotatable bonds is 5. The lowest BCUT2D eigenvalue weighted by Crippen LogP contribution is -2.51. The third kappa shape index (κ3) is 4.23. The lowest BCUT2D eigenvalue weighted by Gasteiger charge is -2.33. The molecule has 29 heavy (non-hydrogen) atoms. The van der Waals surface area contributed by atoms with Gasteiger partial charge in [0.1, 0.15) is 5.75 Å². The van der Waals surface area contributed by atoms with Crippen molar-refractivity contribution in [2.45, 2.75) is 39.7 Å². The third-order valence-corrected chi connectivity index (χ3v) is 7.00. The number of carbonyl (C=O) groups is 2. The molecule has 0 bridgehead atoms. The number of likely N-dealkylation sites (tertiary alicyclic amines) is 1.